The van der Waals surface area contributed by atoms with Crippen molar-refractivity contribution in [2.24, 2.45) is 0 Å². The lowest BCUT2D eigenvalue weighted by Gasteiger charge is -2.04. The number of hydrogen-bond acceptors (Lipinski definition) is 4. The van der Waals surface area contributed by atoms with Crippen LogP contribution in [0.2, 0.25) is 0 Å². The van der Waals surface area contributed by atoms with Crippen LogP contribution in [0.15, 0.2) is 18.2 Å². The largest absolute Gasteiger partial charge is 0.494 e. The van der Waals surface area contributed by atoms with E-state index in [0.29, 0.717) is 6.61 Å². The average molecular weight is 222 g/mol. The highest BCUT2D eigenvalue weighted by Gasteiger charge is 2.05. The maximum atomic E-state index is 5.43. The Morgan fingerprint density at radius 3 is 2.87 bits per heavy atom. The van der Waals surface area contributed by atoms with E-state index >= 15 is 0 Å². The van der Waals surface area contributed by atoms with Gasteiger partial charge in [0.1, 0.15) is 5.75 Å². The van der Waals surface area contributed by atoms with E-state index in [1.807, 2.05) is 38.1 Å². The van der Waals surface area contributed by atoms with Gasteiger partial charge in [0.05, 0.1) is 16.8 Å². The third kappa shape index (κ3) is 2.04. The van der Waals surface area contributed by atoms with Gasteiger partial charge in [-0.15, -0.1) is 0 Å². The molecule has 1 aromatic carbocycles. The monoisotopic (exact) mass is 222 g/mol. The molecule has 1 heterocycles. The van der Waals surface area contributed by atoms with Gasteiger partial charge >= 0.3 is 0 Å². The van der Waals surface area contributed by atoms with E-state index in [9.17, 15) is 0 Å². The summed E-state index contributed by atoms with van der Waals surface area (Å²) in [7, 11) is 4.00. The maximum Gasteiger partial charge on any atom is 0.185 e. The quantitative estimate of drug-likeness (QED) is 0.798. The van der Waals surface area contributed by atoms with Crippen LogP contribution in [0.1, 0.15) is 6.92 Å². The molecular weight excluding hydrogens is 208 g/mol. The molecule has 0 spiro atoms. The van der Waals surface area contributed by atoms with Crippen molar-refractivity contribution in [1.82, 2.24) is 4.98 Å². The molecule has 0 aliphatic carbocycles. The minimum absolute atomic E-state index is 0.691. The van der Waals surface area contributed by atoms with Crippen LogP contribution in [0.3, 0.4) is 0 Å². The second-order valence-corrected chi connectivity index (χ2v) is 4.46. The van der Waals surface area contributed by atoms with Crippen molar-refractivity contribution in [1.29, 1.82) is 0 Å². The molecule has 0 unspecified atom stereocenters. The van der Waals surface area contributed by atoms with Crippen LogP contribution >= 0.6 is 11.3 Å². The standard InChI is InChI=1S/C11H14N2OS/c1-4-14-8-5-6-10-9(7-8)12-11(15-10)13(2)3/h5-7H,4H2,1-3H3. The Balaban J connectivity index is 2.43. The second kappa shape index (κ2) is 4.06. The molecule has 0 aliphatic heterocycles. The van der Waals surface area contributed by atoms with Crippen LogP contribution in [-0.2, 0) is 0 Å². The summed E-state index contributed by atoms with van der Waals surface area (Å²) < 4.78 is 6.63. The number of rotatable bonds is 3. The zero-order valence-corrected chi connectivity index (χ0v) is 9.97. The van der Waals surface area contributed by atoms with Gasteiger partial charge in [0, 0.05) is 20.2 Å². The molecule has 0 saturated carbocycles. The zero-order chi connectivity index (χ0) is 10.8. The SMILES string of the molecule is CCOc1ccc2sc(N(C)C)nc2c1. The van der Waals surface area contributed by atoms with Gasteiger partial charge < -0.3 is 9.64 Å². The van der Waals surface area contributed by atoms with Crippen molar-refractivity contribution >= 4 is 26.7 Å². The Morgan fingerprint density at radius 1 is 1.40 bits per heavy atom. The summed E-state index contributed by atoms with van der Waals surface area (Å²) in [5, 5.41) is 1.03. The Bertz CT molecular complexity index is 465. The Kier molecular flexibility index (Phi) is 2.77. The first-order chi connectivity index (χ1) is 7.20. The zero-order valence-electron chi connectivity index (χ0n) is 9.15. The van der Waals surface area contributed by atoms with Crippen molar-refractivity contribution in [3.05, 3.63) is 18.2 Å². The Hall–Kier alpha value is -1.29. The highest BCUT2D eigenvalue weighted by atomic mass is 32.1. The summed E-state index contributed by atoms with van der Waals surface area (Å²) in [6, 6.07) is 6.04. The summed E-state index contributed by atoms with van der Waals surface area (Å²) in [6.45, 7) is 2.67. The van der Waals surface area contributed by atoms with Crippen LogP contribution in [0.5, 0.6) is 5.75 Å². The summed E-state index contributed by atoms with van der Waals surface area (Å²) in [4.78, 5) is 6.54. The van der Waals surface area contributed by atoms with Gasteiger partial charge in [-0.05, 0) is 19.1 Å². The van der Waals surface area contributed by atoms with E-state index in [1.54, 1.807) is 11.3 Å². The average Bonchev–Trinajstić information content (AvgIpc) is 2.61. The topological polar surface area (TPSA) is 25.4 Å². The van der Waals surface area contributed by atoms with Gasteiger partial charge in [-0.3, -0.25) is 0 Å². The smallest absolute Gasteiger partial charge is 0.185 e. The van der Waals surface area contributed by atoms with Crippen molar-refractivity contribution in [2.45, 2.75) is 6.92 Å². The predicted molar refractivity (Wildman–Crippen MR) is 65.1 cm³/mol. The molecule has 15 heavy (non-hydrogen) atoms. The lowest BCUT2D eigenvalue weighted by Crippen LogP contribution is -2.07. The van der Waals surface area contributed by atoms with Gasteiger partial charge in [-0.2, -0.15) is 0 Å². The number of thiazole rings is 1. The van der Waals surface area contributed by atoms with Gasteiger partial charge in [-0.25, -0.2) is 4.98 Å². The molecule has 0 radical (unpaired) electrons. The summed E-state index contributed by atoms with van der Waals surface area (Å²) >= 11 is 1.69. The van der Waals surface area contributed by atoms with Crippen molar-refractivity contribution in [3.63, 3.8) is 0 Å². The van der Waals surface area contributed by atoms with Gasteiger partial charge in [0.2, 0.25) is 0 Å². The number of aromatic nitrogens is 1. The lowest BCUT2D eigenvalue weighted by molar-refractivity contribution is 0.340. The second-order valence-electron chi connectivity index (χ2n) is 3.45. The fourth-order valence-corrected chi connectivity index (χ4v) is 2.21. The van der Waals surface area contributed by atoms with Crippen molar-refractivity contribution in [2.75, 3.05) is 25.6 Å². The molecule has 3 nitrogen and oxygen atoms in total. The molecule has 2 aromatic rings. The molecule has 0 saturated heterocycles. The number of ether oxygens (including phenoxy) is 1. The molecule has 0 N–H and O–H groups in total. The van der Waals surface area contributed by atoms with E-state index in [-0.39, 0.29) is 0 Å². The fraction of sp³-hybridized carbons (Fsp3) is 0.364. The van der Waals surface area contributed by atoms with Crippen molar-refractivity contribution in [3.8, 4) is 5.75 Å². The number of fused-ring (bicyclic) bond motifs is 1. The fourth-order valence-electron chi connectivity index (χ4n) is 1.34. The van der Waals surface area contributed by atoms with E-state index in [1.165, 1.54) is 4.70 Å². The molecule has 0 fully saturated rings. The van der Waals surface area contributed by atoms with Crippen LogP contribution in [0, 0.1) is 0 Å². The molecule has 0 aliphatic rings. The molecule has 2 rings (SSSR count). The minimum Gasteiger partial charge on any atom is -0.494 e. The summed E-state index contributed by atoms with van der Waals surface area (Å²) in [5.74, 6) is 0.889. The summed E-state index contributed by atoms with van der Waals surface area (Å²) in [5.41, 5.74) is 1.01. The molecule has 1 aromatic heterocycles. The van der Waals surface area contributed by atoms with Gasteiger partial charge in [0.15, 0.2) is 5.13 Å². The number of anilines is 1. The molecule has 0 amide bonds. The molecular formula is C11H14N2OS. The minimum atomic E-state index is 0.691. The number of nitrogens with zero attached hydrogens (tertiary/aromatic N) is 2. The first-order valence-electron chi connectivity index (χ1n) is 4.91. The van der Waals surface area contributed by atoms with E-state index < -0.39 is 0 Å². The predicted octanol–water partition coefficient (Wildman–Crippen LogP) is 2.76. The number of hydrogen-bond donors (Lipinski definition) is 0. The third-order valence-electron chi connectivity index (χ3n) is 2.04. The molecule has 0 bridgehead atoms. The highest BCUT2D eigenvalue weighted by molar-refractivity contribution is 7.22. The van der Waals surface area contributed by atoms with Crippen LogP contribution in [0.4, 0.5) is 5.13 Å². The number of benzene rings is 1. The Labute approximate surface area is 93.3 Å². The van der Waals surface area contributed by atoms with Crippen LogP contribution < -0.4 is 9.64 Å². The summed E-state index contributed by atoms with van der Waals surface area (Å²) in [6.07, 6.45) is 0. The van der Waals surface area contributed by atoms with Crippen LogP contribution in [0.25, 0.3) is 10.2 Å². The van der Waals surface area contributed by atoms with Crippen LogP contribution in [-0.4, -0.2) is 25.7 Å². The first kappa shape index (κ1) is 10.2. The highest BCUT2D eigenvalue weighted by Crippen LogP contribution is 2.29. The molecule has 0 atom stereocenters. The van der Waals surface area contributed by atoms with E-state index in [0.717, 1.165) is 16.4 Å². The maximum absolute atomic E-state index is 5.43. The van der Waals surface area contributed by atoms with Gasteiger partial charge in [-0.1, -0.05) is 11.3 Å². The normalized spacial score (nSPS) is 10.6. The first-order valence-corrected chi connectivity index (χ1v) is 5.73. The van der Waals surface area contributed by atoms with Gasteiger partial charge in [0.25, 0.3) is 0 Å². The van der Waals surface area contributed by atoms with E-state index in [4.69, 9.17) is 4.74 Å². The molecule has 80 valence electrons. The molecule has 4 heteroatoms. The third-order valence-corrected chi connectivity index (χ3v) is 3.25. The lowest BCUT2D eigenvalue weighted by atomic mass is 10.3. The van der Waals surface area contributed by atoms with Crippen molar-refractivity contribution < 1.29 is 4.74 Å². The Morgan fingerprint density at radius 2 is 2.20 bits per heavy atom. The van der Waals surface area contributed by atoms with E-state index in [2.05, 4.69) is 11.1 Å².